The molecule has 0 unspecified atom stereocenters. The second-order valence-corrected chi connectivity index (χ2v) is 6.03. The molecule has 0 atom stereocenters. The van der Waals surface area contributed by atoms with Crippen molar-refractivity contribution >= 4 is 21.8 Å². The van der Waals surface area contributed by atoms with Gasteiger partial charge >= 0.3 is 0 Å². The van der Waals surface area contributed by atoms with Gasteiger partial charge < -0.3 is 4.90 Å². The third-order valence-corrected chi connectivity index (χ3v) is 4.13. The summed E-state index contributed by atoms with van der Waals surface area (Å²) in [6.07, 6.45) is 3.49. The first-order valence-electron chi connectivity index (χ1n) is 7.53. The van der Waals surface area contributed by atoms with E-state index in [-0.39, 0.29) is 5.91 Å². The van der Waals surface area contributed by atoms with E-state index in [1.807, 2.05) is 4.90 Å². The Morgan fingerprint density at radius 2 is 1.80 bits per heavy atom. The second-order valence-electron chi connectivity index (χ2n) is 5.23. The Kier molecular flexibility index (Phi) is 7.90. The van der Waals surface area contributed by atoms with Crippen LogP contribution in [-0.4, -0.2) is 28.7 Å². The van der Waals surface area contributed by atoms with Crippen molar-refractivity contribution in [1.82, 2.24) is 4.90 Å². The van der Waals surface area contributed by atoms with Crippen molar-refractivity contribution in [3.8, 4) is 0 Å². The van der Waals surface area contributed by atoms with Gasteiger partial charge in [0.25, 0.3) is 0 Å². The van der Waals surface area contributed by atoms with Crippen LogP contribution in [0.25, 0.3) is 0 Å². The molecule has 0 saturated heterocycles. The maximum atomic E-state index is 12.4. The van der Waals surface area contributed by atoms with E-state index in [9.17, 15) is 4.79 Å². The molecule has 0 bridgehead atoms. The first-order chi connectivity index (χ1) is 9.62. The number of hydrogen-bond donors (Lipinski definition) is 0. The third kappa shape index (κ3) is 5.28. The molecule has 0 aromatic heterocycles. The number of carbonyl (C=O) groups is 1. The lowest BCUT2D eigenvalue weighted by molar-refractivity contribution is -0.133. The van der Waals surface area contributed by atoms with Gasteiger partial charge in [-0.3, -0.25) is 4.79 Å². The molecule has 1 aromatic carbocycles. The Morgan fingerprint density at radius 3 is 2.30 bits per heavy atom. The van der Waals surface area contributed by atoms with Gasteiger partial charge in [0.05, 0.1) is 0 Å². The summed E-state index contributed by atoms with van der Waals surface area (Å²) in [5.41, 5.74) is 2.50. The number of amides is 1. The maximum absolute atomic E-state index is 12.4. The number of alkyl halides is 1. The normalized spacial score (nSPS) is 10.8. The number of rotatable bonds is 8. The van der Waals surface area contributed by atoms with E-state index in [2.05, 4.69) is 61.0 Å². The lowest BCUT2D eigenvalue weighted by Crippen LogP contribution is -2.41. The van der Waals surface area contributed by atoms with Gasteiger partial charge in [-0.15, -0.1) is 0 Å². The minimum atomic E-state index is 0.277. The van der Waals surface area contributed by atoms with E-state index in [0.29, 0.717) is 12.5 Å². The fourth-order valence-electron chi connectivity index (χ4n) is 2.48. The van der Waals surface area contributed by atoms with Crippen LogP contribution in [0.4, 0.5) is 0 Å². The molecule has 0 aliphatic rings. The predicted molar refractivity (Wildman–Crippen MR) is 89.4 cm³/mol. The number of hydrogen-bond acceptors (Lipinski definition) is 1. The molecule has 0 aliphatic heterocycles. The summed E-state index contributed by atoms with van der Waals surface area (Å²) >= 11 is 3.46. The summed E-state index contributed by atoms with van der Waals surface area (Å²) in [5.74, 6) is 0.277. The molecule has 0 radical (unpaired) electrons. The van der Waals surface area contributed by atoms with E-state index in [1.165, 1.54) is 11.1 Å². The Bertz CT molecular complexity index is 398. The SMILES string of the molecule is CCC(CC)N(CCBr)C(=O)CCc1ccc(C)cc1. The molecule has 0 saturated carbocycles. The number of carbonyl (C=O) groups excluding carboxylic acids is 1. The van der Waals surface area contributed by atoms with Crippen LogP contribution in [0.15, 0.2) is 24.3 Å². The fourth-order valence-corrected chi connectivity index (χ4v) is 2.86. The summed E-state index contributed by atoms with van der Waals surface area (Å²) < 4.78 is 0. The fraction of sp³-hybridized carbons (Fsp3) is 0.588. The van der Waals surface area contributed by atoms with Gasteiger partial charge in [-0.25, -0.2) is 0 Å². The molecule has 1 rings (SSSR count). The average molecular weight is 340 g/mol. The van der Waals surface area contributed by atoms with Crippen LogP contribution in [0.1, 0.15) is 44.2 Å². The van der Waals surface area contributed by atoms with Crippen molar-refractivity contribution in [2.45, 2.75) is 52.5 Å². The van der Waals surface area contributed by atoms with Crippen molar-refractivity contribution in [3.63, 3.8) is 0 Å². The lowest BCUT2D eigenvalue weighted by Gasteiger charge is -2.30. The summed E-state index contributed by atoms with van der Waals surface area (Å²) in [6.45, 7) is 7.20. The summed E-state index contributed by atoms with van der Waals surface area (Å²) in [5, 5.41) is 0.847. The zero-order valence-electron chi connectivity index (χ0n) is 12.9. The van der Waals surface area contributed by atoms with E-state index >= 15 is 0 Å². The topological polar surface area (TPSA) is 20.3 Å². The highest BCUT2D eigenvalue weighted by Crippen LogP contribution is 2.13. The molecule has 0 fully saturated rings. The second kappa shape index (κ2) is 9.17. The van der Waals surface area contributed by atoms with E-state index in [4.69, 9.17) is 0 Å². The van der Waals surface area contributed by atoms with Crippen LogP contribution < -0.4 is 0 Å². The number of nitrogens with zero attached hydrogens (tertiary/aromatic N) is 1. The molecular weight excluding hydrogens is 314 g/mol. The molecule has 2 nitrogen and oxygen atoms in total. The van der Waals surface area contributed by atoms with Crippen molar-refractivity contribution < 1.29 is 4.79 Å². The first kappa shape index (κ1) is 17.2. The van der Waals surface area contributed by atoms with Crippen LogP contribution in [0.5, 0.6) is 0 Å². The van der Waals surface area contributed by atoms with Crippen LogP contribution in [0, 0.1) is 6.92 Å². The highest BCUT2D eigenvalue weighted by atomic mass is 79.9. The van der Waals surface area contributed by atoms with E-state index in [1.54, 1.807) is 0 Å². The molecule has 112 valence electrons. The van der Waals surface area contributed by atoms with Crippen molar-refractivity contribution in [2.24, 2.45) is 0 Å². The predicted octanol–water partition coefficient (Wildman–Crippen LogP) is 4.34. The first-order valence-corrected chi connectivity index (χ1v) is 8.65. The zero-order valence-corrected chi connectivity index (χ0v) is 14.4. The largest absolute Gasteiger partial charge is 0.339 e. The highest BCUT2D eigenvalue weighted by molar-refractivity contribution is 9.09. The van der Waals surface area contributed by atoms with Crippen LogP contribution in [0.2, 0.25) is 0 Å². The van der Waals surface area contributed by atoms with Crippen molar-refractivity contribution in [1.29, 1.82) is 0 Å². The van der Waals surface area contributed by atoms with Crippen LogP contribution in [-0.2, 0) is 11.2 Å². The minimum absolute atomic E-state index is 0.277. The highest BCUT2D eigenvalue weighted by Gasteiger charge is 2.19. The maximum Gasteiger partial charge on any atom is 0.223 e. The molecule has 0 N–H and O–H groups in total. The lowest BCUT2D eigenvalue weighted by atomic mass is 10.1. The zero-order chi connectivity index (χ0) is 15.0. The molecule has 0 heterocycles. The Hall–Kier alpha value is -0.830. The Labute approximate surface area is 131 Å². The van der Waals surface area contributed by atoms with Gasteiger partial charge in [0.2, 0.25) is 5.91 Å². The smallest absolute Gasteiger partial charge is 0.223 e. The monoisotopic (exact) mass is 339 g/mol. The average Bonchev–Trinajstić information content (AvgIpc) is 2.46. The standard InChI is InChI=1S/C17H26BrNO/c1-4-16(5-2)19(13-12-18)17(20)11-10-15-8-6-14(3)7-9-15/h6-9,16H,4-5,10-13H2,1-3H3. The molecule has 20 heavy (non-hydrogen) atoms. The molecular formula is C17H26BrNO. The number of benzene rings is 1. The third-order valence-electron chi connectivity index (χ3n) is 3.78. The summed E-state index contributed by atoms with van der Waals surface area (Å²) in [4.78, 5) is 14.5. The van der Waals surface area contributed by atoms with Crippen LogP contribution in [0.3, 0.4) is 0 Å². The Morgan fingerprint density at radius 1 is 1.20 bits per heavy atom. The van der Waals surface area contributed by atoms with Crippen molar-refractivity contribution in [3.05, 3.63) is 35.4 Å². The van der Waals surface area contributed by atoms with Crippen LogP contribution >= 0.6 is 15.9 Å². The molecule has 3 heteroatoms. The van der Waals surface area contributed by atoms with Gasteiger partial charge in [0.1, 0.15) is 0 Å². The minimum Gasteiger partial charge on any atom is -0.339 e. The molecule has 1 aromatic rings. The van der Waals surface area contributed by atoms with Crippen molar-refractivity contribution in [2.75, 3.05) is 11.9 Å². The Balaban J connectivity index is 2.59. The number of halogens is 1. The van der Waals surface area contributed by atoms with E-state index in [0.717, 1.165) is 31.1 Å². The molecule has 0 aliphatic carbocycles. The quantitative estimate of drug-likeness (QED) is 0.645. The molecule has 1 amide bonds. The van der Waals surface area contributed by atoms with Gasteiger partial charge in [-0.05, 0) is 31.7 Å². The molecule has 0 spiro atoms. The summed E-state index contributed by atoms with van der Waals surface area (Å²) in [7, 11) is 0. The van der Waals surface area contributed by atoms with Gasteiger partial charge in [-0.2, -0.15) is 0 Å². The van der Waals surface area contributed by atoms with Gasteiger partial charge in [0.15, 0.2) is 0 Å². The van der Waals surface area contributed by atoms with Gasteiger partial charge in [-0.1, -0.05) is 59.6 Å². The number of aryl methyl sites for hydroxylation is 2. The summed E-state index contributed by atoms with van der Waals surface area (Å²) in [6, 6.07) is 8.83. The van der Waals surface area contributed by atoms with Gasteiger partial charge in [0, 0.05) is 24.3 Å². The van der Waals surface area contributed by atoms with E-state index < -0.39 is 0 Å².